The van der Waals surface area contributed by atoms with Gasteiger partial charge in [-0.3, -0.25) is 0 Å². The average Bonchev–Trinajstić information content (AvgIpc) is 2.17. The van der Waals surface area contributed by atoms with E-state index in [4.69, 9.17) is 10.5 Å². The van der Waals surface area contributed by atoms with Gasteiger partial charge in [0.25, 0.3) is 0 Å². The van der Waals surface area contributed by atoms with Crippen LogP contribution in [0.3, 0.4) is 0 Å². The van der Waals surface area contributed by atoms with E-state index < -0.39 is 0 Å². The molecule has 1 aromatic rings. The van der Waals surface area contributed by atoms with Gasteiger partial charge >= 0.3 is 0 Å². The molecule has 1 atom stereocenters. The lowest BCUT2D eigenvalue weighted by atomic mass is 10.2. The van der Waals surface area contributed by atoms with Crippen LogP contribution in [0, 0.1) is 6.92 Å². The molecular weight excluding hydrogens is 190 g/mol. The summed E-state index contributed by atoms with van der Waals surface area (Å²) in [5.74, 6) is 0.871. The zero-order valence-electron chi connectivity index (χ0n) is 9.58. The number of hydrogen-bond acceptors (Lipinski definition) is 4. The van der Waals surface area contributed by atoms with Crippen LogP contribution in [0.4, 0.5) is 11.5 Å². The monoisotopic (exact) mass is 209 g/mol. The molecule has 0 fully saturated rings. The Morgan fingerprint density at radius 1 is 1.60 bits per heavy atom. The molecule has 3 N–H and O–H groups in total. The number of anilines is 2. The van der Waals surface area contributed by atoms with Gasteiger partial charge in [-0.2, -0.15) is 0 Å². The zero-order chi connectivity index (χ0) is 11.3. The highest BCUT2D eigenvalue weighted by Gasteiger charge is 2.03. The second-order valence-corrected chi connectivity index (χ2v) is 3.58. The van der Waals surface area contributed by atoms with Crippen molar-refractivity contribution in [3.8, 4) is 0 Å². The van der Waals surface area contributed by atoms with Crippen molar-refractivity contribution in [3.63, 3.8) is 0 Å². The van der Waals surface area contributed by atoms with Crippen molar-refractivity contribution in [2.45, 2.75) is 26.9 Å². The Kier molecular flexibility index (Phi) is 4.37. The Morgan fingerprint density at radius 2 is 2.33 bits per heavy atom. The van der Waals surface area contributed by atoms with Crippen LogP contribution >= 0.6 is 0 Å². The first-order chi connectivity index (χ1) is 7.13. The Balaban J connectivity index is 2.50. The van der Waals surface area contributed by atoms with E-state index in [2.05, 4.69) is 10.3 Å². The van der Waals surface area contributed by atoms with Gasteiger partial charge in [-0.1, -0.05) is 0 Å². The van der Waals surface area contributed by atoms with Crippen molar-refractivity contribution in [2.75, 3.05) is 24.2 Å². The third-order valence-corrected chi connectivity index (χ3v) is 2.11. The first-order valence-electron chi connectivity index (χ1n) is 5.21. The molecule has 0 aliphatic rings. The molecule has 84 valence electrons. The topological polar surface area (TPSA) is 60.2 Å². The number of ether oxygens (including phenoxy) is 1. The Morgan fingerprint density at radius 3 is 2.93 bits per heavy atom. The van der Waals surface area contributed by atoms with Gasteiger partial charge in [0.05, 0.1) is 18.0 Å². The first-order valence-corrected chi connectivity index (χ1v) is 5.21. The Bertz CT molecular complexity index is 315. The summed E-state index contributed by atoms with van der Waals surface area (Å²) in [6.07, 6.45) is 1.84. The van der Waals surface area contributed by atoms with E-state index in [-0.39, 0.29) is 6.10 Å². The summed E-state index contributed by atoms with van der Waals surface area (Å²) in [6, 6.07) is 1.90. The minimum absolute atomic E-state index is 0.189. The number of nitrogens with one attached hydrogen (secondary N) is 1. The molecule has 0 spiro atoms. The van der Waals surface area contributed by atoms with E-state index in [9.17, 15) is 0 Å². The highest BCUT2D eigenvalue weighted by molar-refractivity contribution is 5.50. The van der Waals surface area contributed by atoms with Gasteiger partial charge in [0.2, 0.25) is 0 Å². The fourth-order valence-corrected chi connectivity index (χ4v) is 1.37. The molecule has 0 aliphatic heterocycles. The lowest BCUT2D eigenvalue weighted by Crippen LogP contribution is -2.20. The van der Waals surface area contributed by atoms with Gasteiger partial charge in [-0.05, 0) is 32.4 Å². The molecule has 4 heteroatoms. The molecule has 4 nitrogen and oxygen atoms in total. The first kappa shape index (κ1) is 11.8. The average molecular weight is 209 g/mol. The number of aryl methyl sites for hydroxylation is 1. The van der Waals surface area contributed by atoms with Crippen LogP contribution in [-0.4, -0.2) is 24.2 Å². The van der Waals surface area contributed by atoms with E-state index in [0.717, 1.165) is 24.5 Å². The third-order valence-electron chi connectivity index (χ3n) is 2.11. The Labute approximate surface area is 90.8 Å². The van der Waals surface area contributed by atoms with Crippen molar-refractivity contribution in [3.05, 3.63) is 17.8 Å². The summed E-state index contributed by atoms with van der Waals surface area (Å²) >= 11 is 0. The van der Waals surface area contributed by atoms with Crippen molar-refractivity contribution in [2.24, 2.45) is 0 Å². The van der Waals surface area contributed by atoms with Crippen molar-refractivity contribution in [1.82, 2.24) is 4.98 Å². The van der Waals surface area contributed by atoms with Crippen LogP contribution in [0.2, 0.25) is 0 Å². The molecular formula is C11H19N3O. The lowest BCUT2D eigenvalue weighted by Gasteiger charge is -2.14. The van der Waals surface area contributed by atoms with Gasteiger partial charge in [0.15, 0.2) is 0 Å². The van der Waals surface area contributed by atoms with E-state index in [1.807, 2.05) is 26.8 Å². The van der Waals surface area contributed by atoms with Gasteiger partial charge in [0.1, 0.15) is 5.82 Å². The van der Waals surface area contributed by atoms with Crippen LogP contribution in [0.1, 0.15) is 19.4 Å². The molecule has 1 unspecified atom stereocenters. The second-order valence-electron chi connectivity index (χ2n) is 3.58. The van der Waals surface area contributed by atoms with E-state index in [0.29, 0.717) is 5.69 Å². The van der Waals surface area contributed by atoms with Crippen molar-refractivity contribution in [1.29, 1.82) is 0 Å². The minimum Gasteiger partial charge on any atom is -0.397 e. The number of pyridine rings is 1. The fraction of sp³-hybridized carbons (Fsp3) is 0.545. The quantitative estimate of drug-likeness (QED) is 0.776. The SMILES string of the molecule is CCOC(C)CNc1ncc(N)cc1C. The number of nitrogens with two attached hydrogens (primary N) is 1. The molecule has 15 heavy (non-hydrogen) atoms. The number of hydrogen-bond donors (Lipinski definition) is 2. The number of nitrogen functional groups attached to an aromatic ring is 1. The van der Waals surface area contributed by atoms with Gasteiger partial charge in [-0.25, -0.2) is 4.98 Å². The molecule has 0 aromatic carbocycles. The standard InChI is InChI=1S/C11H19N3O/c1-4-15-9(3)6-13-11-8(2)5-10(12)7-14-11/h5,7,9H,4,6,12H2,1-3H3,(H,13,14). The van der Waals surface area contributed by atoms with Crippen LogP contribution < -0.4 is 11.1 Å². The highest BCUT2D eigenvalue weighted by Crippen LogP contribution is 2.13. The molecule has 0 aliphatic carbocycles. The van der Waals surface area contributed by atoms with Crippen LogP contribution in [-0.2, 0) is 4.74 Å². The molecule has 1 aromatic heterocycles. The zero-order valence-corrected chi connectivity index (χ0v) is 9.58. The predicted molar refractivity (Wildman–Crippen MR) is 63.0 cm³/mol. The van der Waals surface area contributed by atoms with Crippen molar-refractivity contribution >= 4 is 11.5 Å². The number of aromatic nitrogens is 1. The summed E-state index contributed by atoms with van der Waals surface area (Å²) in [5.41, 5.74) is 7.36. The summed E-state index contributed by atoms with van der Waals surface area (Å²) in [6.45, 7) is 7.49. The molecule has 0 radical (unpaired) electrons. The van der Waals surface area contributed by atoms with Crippen molar-refractivity contribution < 1.29 is 4.74 Å². The van der Waals surface area contributed by atoms with Gasteiger partial charge in [-0.15, -0.1) is 0 Å². The lowest BCUT2D eigenvalue weighted by molar-refractivity contribution is 0.0855. The number of rotatable bonds is 5. The summed E-state index contributed by atoms with van der Waals surface area (Å²) < 4.78 is 5.41. The smallest absolute Gasteiger partial charge is 0.129 e. The maximum absolute atomic E-state index is 5.62. The summed E-state index contributed by atoms with van der Waals surface area (Å²) in [7, 11) is 0. The van der Waals surface area contributed by atoms with Crippen LogP contribution in [0.25, 0.3) is 0 Å². The summed E-state index contributed by atoms with van der Waals surface area (Å²) in [5, 5.41) is 3.23. The molecule has 1 rings (SSSR count). The van der Waals surface area contributed by atoms with Crippen LogP contribution in [0.15, 0.2) is 12.3 Å². The molecule has 0 saturated heterocycles. The molecule has 1 heterocycles. The minimum atomic E-state index is 0.189. The fourth-order valence-electron chi connectivity index (χ4n) is 1.37. The van der Waals surface area contributed by atoms with E-state index >= 15 is 0 Å². The summed E-state index contributed by atoms with van der Waals surface area (Å²) in [4.78, 5) is 4.22. The maximum atomic E-state index is 5.62. The molecule has 0 saturated carbocycles. The van der Waals surface area contributed by atoms with E-state index in [1.54, 1.807) is 6.20 Å². The predicted octanol–water partition coefficient (Wildman–Crippen LogP) is 1.81. The largest absolute Gasteiger partial charge is 0.397 e. The van der Waals surface area contributed by atoms with E-state index in [1.165, 1.54) is 0 Å². The third kappa shape index (κ3) is 3.75. The second kappa shape index (κ2) is 5.56. The number of nitrogens with zero attached hydrogens (tertiary/aromatic N) is 1. The molecule has 0 bridgehead atoms. The van der Waals surface area contributed by atoms with Crippen LogP contribution in [0.5, 0.6) is 0 Å². The van der Waals surface area contributed by atoms with Gasteiger partial charge < -0.3 is 15.8 Å². The normalized spacial score (nSPS) is 12.5. The Hall–Kier alpha value is -1.29. The maximum Gasteiger partial charge on any atom is 0.129 e. The van der Waals surface area contributed by atoms with Gasteiger partial charge in [0, 0.05) is 13.2 Å². The molecule has 0 amide bonds. The highest BCUT2D eigenvalue weighted by atomic mass is 16.5.